The van der Waals surface area contributed by atoms with Gasteiger partial charge in [-0.15, -0.1) is 6.58 Å². The number of nitrogens with zero attached hydrogens (tertiary/aromatic N) is 5. The van der Waals surface area contributed by atoms with Gasteiger partial charge in [0.25, 0.3) is 0 Å². The van der Waals surface area contributed by atoms with Gasteiger partial charge in [-0.1, -0.05) is 6.08 Å². The van der Waals surface area contributed by atoms with Crippen LogP contribution in [0.5, 0.6) is 0 Å². The maximum atomic E-state index is 4.68. The number of hydrogen-bond acceptors (Lipinski definition) is 4. The lowest BCUT2D eigenvalue weighted by molar-refractivity contribution is 0.165. The van der Waals surface area contributed by atoms with E-state index in [1.807, 2.05) is 23.9 Å². The van der Waals surface area contributed by atoms with Gasteiger partial charge in [0.15, 0.2) is 0 Å². The zero-order valence-electron chi connectivity index (χ0n) is 13.9. The number of aryl methyl sites for hydroxylation is 2. The molecule has 1 saturated heterocycles. The van der Waals surface area contributed by atoms with Gasteiger partial charge in [0.05, 0.1) is 17.9 Å². The SMILES string of the molecule is C=CCn1cc(CN2C3CCC2c2cnc(C)nc2C3)c(C)n1. The Balaban J connectivity index is 1.61. The van der Waals surface area contributed by atoms with Gasteiger partial charge in [-0.2, -0.15) is 5.10 Å². The summed E-state index contributed by atoms with van der Waals surface area (Å²) in [5, 5.41) is 4.59. The van der Waals surface area contributed by atoms with Crippen molar-refractivity contribution in [1.82, 2.24) is 24.6 Å². The van der Waals surface area contributed by atoms with Crippen LogP contribution in [0.4, 0.5) is 0 Å². The van der Waals surface area contributed by atoms with E-state index >= 15 is 0 Å². The maximum absolute atomic E-state index is 4.68. The van der Waals surface area contributed by atoms with Crippen LogP contribution in [-0.4, -0.2) is 30.7 Å². The molecule has 5 nitrogen and oxygen atoms in total. The third-order valence-corrected chi connectivity index (χ3v) is 5.17. The van der Waals surface area contributed by atoms with Crippen LogP contribution in [0.1, 0.15) is 47.2 Å². The molecule has 2 aliphatic heterocycles. The van der Waals surface area contributed by atoms with E-state index in [0.29, 0.717) is 12.1 Å². The predicted molar refractivity (Wildman–Crippen MR) is 88.9 cm³/mol. The van der Waals surface area contributed by atoms with E-state index in [2.05, 4.69) is 39.7 Å². The highest BCUT2D eigenvalue weighted by Gasteiger charge is 2.40. The van der Waals surface area contributed by atoms with Crippen LogP contribution in [0.2, 0.25) is 0 Å². The zero-order valence-corrected chi connectivity index (χ0v) is 13.9. The minimum atomic E-state index is 0.464. The van der Waals surface area contributed by atoms with E-state index in [4.69, 9.17) is 0 Å². The third-order valence-electron chi connectivity index (χ3n) is 5.17. The van der Waals surface area contributed by atoms with E-state index in [-0.39, 0.29) is 0 Å². The normalized spacial score (nSPS) is 23.0. The highest BCUT2D eigenvalue weighted by Crippen LogP contribution is 2.43. The fraction of sp³-hybridized carbons (Fsp3) is 0.500. The fourth-order valence-corrected chi connectivity index (χ4v) is 4.06. The van der Waals surface area contributed by atoms with Crippen LogP contribution in [0.3, 0.4) is 0 Å². The average Bonchev–Trinajstić information content (AvgIpc) is 2.99. The predicted octanol–water partition coefficient (Wildman–Crippen LogP) is 2.74. The second-order valence-electron chi connectivity index (χ2n) is 6.69. The quantitative estimate of drug-likeness (QED) is 0.815. The first-order chi connectivity index (χ1) is 11.2. The molecule has 2 aromatic rings. The van der Waals surface area contributed by atoms with Gasteiger partial charge in [-0.3, -0.25) is 9.58 Å². The molecular weight excluding hydrogens is 286 g/mol. The molecule has 2 aliphatic rings. The summed E-state index contributed by atoms with van der Waals surface area (Å²) in [6.45, 7) is 9.60. The van der Waals surface area contributed by atoms with Crippen LogP contribution >= 0.6 is 0 Å². The minimum absolute atomic E-state index is 0.464. The van der Waals surface area contributed by atoms with Crippen molar-refractivity contribution in [3.05, 3.63) is 53.4 Å². The molecule has 2 atom stereocenters. The molecule has 120 valence electrons. The summed E-state index contributed by atoms with van der Waals surface area (Å²) in [6.07, 6.45) is 9.61. The summed E-state index contributed by atoms with van der Waals surface area (Å²) < 4.78 is 1.98. The molecule has 5 heteroatoms. The zero-order chi connectivity index (χ0) is 16.0. The van der Waals surface area contributed by atoms with Crippen molar-refractivity contribution in [1.29, 1.82) is 0 Å². The summed E-state index contributed by atoms with van der Waals surface area (Å²) in [7, 11) is 0. The first-order valence-corrected chi connectivity index (χ1v) is 8.37. The lowest BCUT2D eigenvalue weighted by atomic mass is 9.98. The van der Waals surface area contributed by atoms with Crippen molar-refractivity contribution in [3.8, 4) is 0 Å². The van der Waals surface area contributed by atoms with Crippen LogP contribution in [0, 0.1) is 13.8 Å². The molecule has 1 fully saturated rings. The third kappa shape index (κ3) is 2.49. The molecule has 23 heavy (non-hydrogen) atoms. The first kappa shape index (κ1) is 14.6. The lowest BCUT2D eigenvalue weighted by Gasteiger charge is -2.35. The molecule has 0 saturated carbocycles. The summed E-state index contributed by atoms with van der Waals surface area (Å²) in [5.41, 5.74) is 5.04. The Morgan fingerprint density at radius 1 is 1.35 bits per heavy atom. The van der Waals surface area contributed by atoms with Crippen molar-refractivity contribution in [2.75, 3.05) is 0 Å². The van der Waals surface area contributed by atoms with Gasteiger partial charge < -0.3 is 0 Å². The number of hydrogen-bond donors (Lipinski definition) is 0. The molecule has 4 heterocycles. The first-order valence-electron chi connectivity index (χ1n) is 8.37. The lowest BCUT2D eigenvalue weighted by Crippen LogP contribution is -2.37. The molecule has 0 spiro atoms. The Bertz CT molecular complexity index is 748. The monoisotopic (exact) mass is 309 g/mol. The molecule has 2 unspecified atom stereocenters. The van der Waals surface area contributed by atoms with Crippen molar-refractivity contribution in [2.45, 2.75) is 58.3 Å². The van der Waals surface area contributed by atoms with Crippen LogP contribution in [-0.2, 0) is 19.5 Å². The smallest absolute Gasteiger partial charge is 0.125 e. The fourth-order valence-electron chi connectivity index (χ4n) is 4.06. The summed E-state index contributed by atoms with van der Waals surface area (Å²) in [4.78, 5) is 11.7. The Kier molecular flexibility index (Phi) is 3.53. The van der Waals surface area contributed by atoms with E-state index < -0.39 is 0 Å². The molecule has 2 aromatic heterocycles. The van der Waals surface area contributed by atoms with E-state index in [9.17, 15) is 0 Å². The van der Waals surface area contributed by atoms with Crippen LogP contribution < -0.4 is 0 Å². The molecule has 2 bridgehead atoms. The van der Waals surface area contributed by atoms with Gasteiger partial charge in [-0.05, 0) is 26.7 Å². The van der Waals surface area contributed by atoms with Gasteiger partial charge in [-0.25, -0.2) is 9.97 Å². The van der Waals surface area contributed by atoms with Crippen LogP contribution in [0.25, 0.3) is 0 Å². The Morgan fingerprint density at radius 2 is 2.22 bits per heavy atom. The van der Waals surface area contributed by atoms with Crippen molar-refractivity contribution >= 4 is 0 Å². The molecule has 0 amide bonds. The Morgan fingerprint density at radius 3 is 3.04 bits per heavy atom. The second kappa shape index (κ2) is 5.57. The number of allylic oxidation sites excluding steroid dienone is 1. The molecule has 0 radical (unpaired) electrons. The molecule has 4 rings (SSSR count). The number of aromatic nitrogens is 4. The van der Waals surface area contributed by atoms with E-state index in [1.165, 1.54) is 29.7 Å². The van der Waals surface area contributed by atoms with Gasteiger partial charge in [0.2, 0.25) is 0 Å². The van der Waals surface area contributed by atoms with Gasteiger partial charge in [0.1, 0.15) is 5.82 Å². The molecule has 0 aromatic carbocycles. The van der Waals surface area contributed by atoms with Gasteiger partial charge in [0, 0.05) is 48.6 Å². The van der Waals surface area contributed by atoms with Crippen molar-refractivity contribution < 1.29 is 0 Å². The highest BCUT2D eigenvalue weighted by molar-refractivity contribution is 5.29. The minimum Gasteiger partial charge on any atom is -0.288 e. The summed E-state index contributed by atoms with van der Waals surface area (Å²) in [6, 6.07) is 1.07. The maximum Gasteiger partial charge on any atom is 0.125 e. The molecular formula is C18H23N5. The average molecular weight is 309 g/mol. The van der Waals surface area contributed by atoms with Crippen molar-refractivity contribution in [2.24, 2.45) is 0 Å². The van der Waals surface area contributed by atoms with E-state index in [0.717, 1.165) is 31.0 Å². The van der Waals surface area contributed by atoms with Crippen LogP contribution in [0.15, 0.2) is 25.0 Å². The largest absolute Gasteiger partial charge is 0.288 e. The Labute approximate surface area is 137 Å². The Hall–Kier alpha value is -2.01. The van der Waals surface area contributed by atoms with Crippen molar-refractivity contribution in [3.63, 3.8) is 0 Å². The number of fused-ring (bicyclic) bond motifs is 4. The standard InChI is InChI=1S/C18H23N5/c1-4-7-22-10-14(12(2)21-22)11-23-15-5-6-18(23)16-9-19-13(3)20-17(16)8-15/h4,9-10,15,18H,1,5-8,11H2,2-3H3. The molecule has 0 N–H and O–H groups in total. The summed E-state index contributed by atoms with van der Waals surface area (Å²) in [5.74, 6) is 0.887. The second-order valence-corrected chi connectivity index (χ2v) is 6.69. The number of rotatable bonds is 4. The highest BCUT2D eigenvalue weighted by atomic mass is 15.3. The van der Waals surface area contributed by atoms with Gasteiger partial charge >= 0.3 is 0 Å². The van der Waals surface area contributed by atoms with E-state index in [1.54, 1.807) is 0 Å². The molecule has 0 aliphatic carbocycles. The topological polar surface area (TPSA) is 46.8 Å². The summed E-state index contributed by atoms with van der Waals surface area (Å²) >= 11 is 0.